The van der Waals surface area contributed by atoms with Gasteiger partial charge in [0.05, 0.1) is 19.0 Å². The van der Waals surface area contributed by atoms with Crippen LogP contribution in [0.2, 0.25) is 0 Å². The molecule has 2 rings (SSSR count). The SMILES string of the molecule is COC(=O)Cn1cnc2c(C)c[nH]c2c1=O. The van der Waals surface area contributed by atoms with Gasteiger partial charge in [0.2, 0.25) is 0 Å². The van der Waals surface area contributed by atoms with E-state index in [1.54, 1.807) is 6.20 Å². The molecule has 1 N–H and O–H groups in total. The van der Waals surface area contributed by atoms with Crippen molar-refractivity contribution < 1.29 is 9.53 Å². The summed E-state index contributed by atoms with van der Waals surface area (Å²) in [6.45, 7) is 1.73. The van der Waals surface area contributed by atoms with E-state index in [9.17, 15) is 9.59 Å². The van der Waals surface area contributed by atoms with E-state index in [2.05, 4.69) is 14.7 Å². The molecule has 0 aliphatic rings. The lowest BCUT2D eigenvalue weighted by atomic mass is 10.3. The summed E-state index contributed by atoms with van der Waals surface area (Å²) in [7, 11) is 1.28. The van der Waals surface area contributed by atoms with E-state index in [-0.39, 0.29) is 12.1 Å². The minimum atomic E-state index is -0.480. The van der Waals surface area contributed by atoms with Gasteiger partial charge in [-0.3, -0.25) is 14.2 Å². The predicted octanol–water partition coefficient (Wildman–Crippen LogP) is 0.206. The second kappa shape index (κ2) is 3.80. The molecule has 6 heteroatoms. The summed E-state index contributed by atoms with van der Waals surface area (Å²) >= 11 is 0. The van der Waals surface area contributed by atoms with Gasteiger partial charge in [-0.15, -0.1) is 0 Å². The van der Waals surface area contributed by atoms with Crippen LogP contribution in [-0.2, 0) is 16.1 Å². The Labute approximate surface area is 90.9 Å². The summed E-state index contributed by atoms with van der Waals surface area (Å²) in [6, 6.07) is 0. The fourth-order valence-electron chi connectivity index (χ4n) is 1.48. The van der Waals surface area contributed by atoms with Crippen LogP contribution < -0.4 is 5.56 Å². The number of rotatable bonds is 2. The Morgan fingerprint density at radius 1 is 1.62 bits per heavy atom. The van der Waals surface area contributed by atoms with Crippen LogP contribution in [0.15, 0.2) is 17.3 Å². The van der Waals surface area contributed by atoms with Gasteiger partial charge in [-0.1, -0.05) is 0 Å². The summed E-state index contributed by atoms with van der Waals surface area (Å²) in [5.41, 5.74) is 1.66. The zero-order chi connectivity index (χ0) is 11.7. The zero-order valence-corrected chi connectivity index (χ0v) is 8.98. The smallest absolute Gasteiger partial charge is 0.325 e. The molecular formula is C10H11N3O3. The highest BCUT2D eigenvalue weighted by Crippen LogP contribution is 2.09. The number of aryl methyl sites for hydroxylation is 1. The number of esters is 1. The van der Waals surface area contributed by atoms with Crippen LogP contribution in [0.3, 0.4) is 0 Å². The van der Waals surface area contributed by atoms with Crippen molar-refractivity contribution in [2.24, 2.45) is 0 Å². The van der Waals surface area contributed by atoms with Gasteiger partial charge in [-0.25, -0.2) is 4.98 Å². The standard InChI is InChI=1S/C10H11N3O3/c1-6-3-11-9-8(6)12-5-13(10(9)15)4-7(14)16-2/h3,5,11H,4H2,1-2H3. The van der Waals surface area contributed by atoms with Crippen molar-refractivity contribution in [3.8, 4) is 0 Å². The highest BCUT2D eigenvalue weighted by atomic mass is 16.5. The van der Waals surface area contributed by atoms with Gasteiger partial charge < -0.3 is 9.72 Å². The number of carbonyl (C=O) groups excluding carboxylic acids is 1. The van der Waals surface area contributed by atoms with E-state index in [0.29, 0.717) is 11.0 Å². The molecule has 0 aliphatic carbocycles. The molecule has 84 valence electrons. The number of hydrogen-bond acceptors (Lipinski definition) is 4. The molecule has 16 heavy (non-hydrogen) atoms. The Hall–Kier alpha value is -2.11. The van der Waals surface area contributed by atoms with Crippen molar-refractivity contribution in [2.45, 2.75) is 13.5 Å². The topological polar surface area (TPSA) is 77.0 Å². The molecular weight excluding hydrogens is 210 g/mol. The van der Waals surface area contributed by atoms with Crippen molar-refractivity contribution in [1.82, 2.24) is 14.5 Å². The third-order valence-corrected chi connectivity index (χ3v) is 2.37. The Kier molecular flexibility index (Phi) is 2.47. The summed E-state index contributed by atoms with van der Waals surface area (Å²) < 4.78 is 5.70. The maximum Gasteiger partial charge on any atom is 0.325 e. The van der Waals surface area contributed by atoms with Crippen molar-refractivity contribution >= 4 is 17.0 Å². The molecule has 0 aromatic carbocycles. The van der Waals surface area contributed by atoms with Crippen molar-refractivity contribution in [2.75, 3.05) is 7.11 Å². The fraction of sp³-hybridized carbons (Fsp3) is 0.300. The Morgan fingerprint density at radius 2 is 2.38 bits per heavy atom. The Balaban J connectivity index is 2.53. The highest BCUT2D eigenvalue weighted by molar-refractivity contribution is 5.77. The molecule has 0 bridgehead atoms. The van der Waals surface area contributed by atoms with E-state index < -0.39 is 5.97 Å². The number of methoxy groups -OCH3 is 1. The van der Waals surface area contributed by atoms with Gasteiger partial charge in [-0.2, -0.15) is 0 Å². The predicted molar refractivity (Wildman–Crippen MR) is 57.1 cm³/mol. The molecule has 0 aliphatic heterocycles. The minimum Gasteiger partial charge on any atom is -0.468 e. The van der Waals surface area contributed by atoms with E-state index in [1.165, 1.54) is 18.0 Å². The molecule has 0 atom stereocenters. The first-order valence-electron chi connectivity index (χ1n) is 4.73. The number of nitrogens with one attached hydrogen (secondary N) is 1. The van der Waals surface area contributed by atoms with Gasteiger partial charge in [-0.05, 0) is 12.5 Å². The Bertz CT molecular complexity index is 597. The number of aromatic amines is 1. The van der Waals surface area contributed by atoms with Gasteiger partial charge in [0.15, 0.2) is 0 Å². The normalized spacial score (nSPS) is 10.6. The van der Waals surface area contributed by atoms with Crippen LogP contribution in [0.4, 0.5) is 0 Å². The van der Waals surface area contributed by atoms with E-state index in [1.807, 2.05) is 6.92 Å². The lowest BCUT2D eigenvalue weighted by Crippen LogP contribution is -2.25. The minimum absolute atomic E-state index is 0.129. The lowest BCUT2D eigenvalue weighted by molar-refractivity contribution is -0.141. The molecule has 0 spiro atoms. The average Bonchev–Trinajstić information content (AvgIpc) is 2.65. The molecule has 0 saturated heterocycles. The largest absolute Gasteiger partial charge is 0.468 e. The molecule has 0 unspecified atom stereocenters. The highest BCUT2D eigenvalue weighted by Gasteiger charge is 2.10. The molecule has 2 aromatic heterocycles. The molecule has 2 aromatic rings. The molecule has 0 fully saturated rings. The third-order valence-electron chi connectivity index (χ3n) is 2.37. The summed E-state index contributed by atoms with van der Waals surface area (Å²) in [4.78, 5) is 29.9. The molecule has 0 radical (unpaired) electrons. The number of hydrogen-bond donors (Lipinski definition) is 1. The zero-order valence-electron chi connectivity index (χ0n) is 8.98. The van der Waals surface area contributed by atoms with Crippen molar-refractivity contribution in [3.63, 3.8) is 0 Å². The number of H-pyrrole nitrogens is 1. The summed E-state index contributed by atoms with van der Waals surface area (Å²) in [5.74, 6) is -0.480. The van der Waals surface area contributed by atoms with Gasteiger partial charge in [0, 0.05) is 6.20 Å². The van der Waals surface area contributed by atoms with Crippen LogP contribution in [0, 0.1) is 6.92 Å². The number of carbonyl (C=O) groups is 1. The first kappa shape index (κ1) is 10.4. The second-order valence-electron chi connectivity index (χ2n) is 3.45. The van der Waals surface area contributed by atoms with Crippen LogP contribution in [0.25, 0.3) is 11.0 Å². The van der Waals surface area contributed by atoms with E-state index in [0.717, 1.165) is 5.56 Å². The van der Waals surface area contributed by atoms with Crippen LogP contribution in [0.1, 0.15) is 5.56 Å². The fourth-order valence-corrected chi connectivity index (χ4v) is 1.48. The number of fused-ring (bicyclic) bond motifs is 1. The van der Waals surface area contributed by atoms with Gasteiger partial charge in [0.25, 0.3) is 5.56 Å². The monoisotopic (exact) mass is 221 g/mol. The Morgan fingerprint density at radius 3 is 3.06 bits per heavy atom. The first-order valence-corrected chi connectivity index (χ1v) is 4.73. The molecule has 0 saturated carbocycles. The lowest BCUT2D eigenvalue weighted by Gasteiger charge is -2.02. The van der Waals surface area contributed by atoms with Crippen molar-refractivity contribution in [1.29, 1.82) is 0 Å². The van der Waals surface area contributed by atoms with Gasteiger partial charge in [0.1, 0.15) is 12.1 Å². The number of aromatic nitrogens is 3. The maximum atomic E-state index is 11.9. The number of nitrogens with zero attached hydrogens (tertiary/aromatic N) is 2. The van der Waals surface area contributed by atoms with Crippen LogP contribution in [-0.4, -0.2) is 27.6 Å². The molecule has 0 amide bonds. The van der Waals surface area contributed by atoms with Crippen LogP contribution >= 0.6 is 0 Å². The van der Waals surface area contributed by atoms with E-state index >= 15 is 0 Å². The molecule has 2 heterocycles. The quantitative estimate of drug-likeness (QED) is 0.735. The van der Waals surface area contributed by atoms with E-state index in [4.69, 9.17) is 0 Å². The number of ether oxygens (including phenoxy) is 1. The third kappa shape index (κ3) is 1.58. The first-order chi connectivity index (χ1) is 7.63. The summed E-state index contributed by atoms with van der Waals surface area (Å²) in [5, 5.41) is 0. The van der Waals surface area contributed by atoms with Gasteiger partial charge >= 0.3 is 5.97 Å². The average molecular weight is 221 g/mol. The maximum absolute atomic E-state index is 11.9. The van der Waals surface area contributed by atoms with Crippen molar-refractivity contribution in [3.05, 3.63) is 28.4 Å². The summed E-state index contributed by atoms with van der Waals surface area (Å²) in [6.07, 6.45) is 3.06. The molecule has 6 nitrogen and oxygen atoms in total. The second-order valence-corrected chi connectivity index (χ2v) is 3.45. The van der Waals surface area contributed by atoms with Crippen LogP contribution in [0.5, 0.6) is 0 Å².